The van der Waals surface area contributed by atoms with Gasteiger partial charge < -0.3 is 14.8 Å². The fourth-order valence-electron chi connectivity index (χ4n) is 1.58. The summed E-state index contributed by atoms with van der Waals surface area (Å²) < 4.78 is 2.05. The molecule has 0 saturated heterocycles. The molecule has 5 nitrogen and oxygen atoms in total. The number of hydrogen-bond acceptors (Lipinski definition) is 2. The molecule has 1 heterocycles. The molecule has 1 N–H and O–H groups in total. The number of carbonyl (C=O) groups is 2. The summed E-state index contributed by atoms with van der Waals surface area (Å²) in [5.41, 5.74) is 2.45. The van der Waals surface area contributed by atoms with Crippen LogP contribution in [0.1, 0.15) is 11.3 Å². The van der Waals surface area contributed by atoms with Gasteiger partial charge in [0.15, 0.2) is 0 Å². The number of likely N-dealkylation sites (N-methyl/N-ethyl adjacent to an activating group) is 1. The number of nitrogens with zero attached hydrogens (tertiary/aromatic N) is 2. The number of carbonyl (C=O) groups excluding carboxylic acids is 2. The van der Waals surface area contributed by atoms with Crippen LogP contribution in [0.5, 0.6) is 0 Å². The summed E-state index contributed by atoms with van der Waals surface area (Å²) in [7, 11) is 3.57. The van der Waals surface area contributed by atoms with Crippen LogP contribution >= 0.6 is 0 Å². The number of nitrogens with one attached hydrogen (secondary N) is 1. The Balaban J connectivity index is 2.31. The third kappa shape index (κ3) is 3.94. The van der Waals surface area contributed by atoms with E-state index < -0.39 is 0 Å². The van der Waals surface area contributed by atoms with Crippen LogP contribution in [0.2, 0.25) is 0 Å². The quantitative estimate of drug-likeness (QED) is 0.712. The monoisotopic (exact) mass is 237 g/mol. The zero-order valence-electron chi connectivity index (χ0n) is 10.6. The van der Waals surface area contributed by atoms with Crippen LogP contribution in [0.15, 0.2) is 12.3 Å². The van der Waals surface area contributed by atoms with Gasteiger partial charge in [-0.3, -0.25) is 9.59 Å². The van der Waals surface area contributed by atoms with Crippen LogP contribution in [0, 0.1) is 6.92 Å². The Labute approximate surface area is 101 Å². The summed E-state index contributed by atoms with van der Waals surface area (Å²) in [5.74, 6) is -0.131. The lowest BCUT2D eigenvalue weighted by molar-refractivity contribution is -0.127. The molecule has 5 heteroatoms. The first kappa shape index (κ1) is 13.3. The van der Waals surface area contributed by atoms with Crippen molar-refractivity contribution in [3.05, 3.63) is 23.5 Å². The lowest BCUT2D eigenvalue weighted by atomic mass is 10.2. The van der Waals surface area contributed by atoms with Gasteiger partial charge in [-0.15, -0.1) is 0 Å². The van der Waals surface area contributed by atoms with E-state index in [1.54, 1.807) is 7.05 Å². The number of aryl methyl sites for hydroxylation is 1. The van der Waals surface area contributed by atoms with Gasteiger partial charge in [-0.25, -0.2) is 0 Å². The number of rotatable bonds is 6. The van der Waals surface area contributed by atoms with Gasteiger partial charge in [0, 0.05) is 32.5 Å². The number of hydrogen-bond donors (Lipinski definition) is 1. The first-order valence-corrected chi connectivity index (χ1v) is 5.57. The first-order chi connectivity index (χ1) is 8.04. The van der Waals surface area contributed by atoms with Crippen molar-refractivity contribution in [3.8, 4) is 0 Å². The second-order valence-electron chi connectivity index (χ2n) is 4.16. The predicted molar refractivity (Wildman–Crippen MR) is 65.6 cm³/mol. The summed E-state index contributed by atoms with van der Waals surface area (Å²) in [4.78, 5) is 23.0. The van der Waals surface area contributed by atoms with Crippen molar-refractivity contribution in [1.29, 1.82) is 0 Å². The molecule has 0 aliphatic carbocycles. The molecular formula is C12H19N3O2. The minimum atomic E-state index is -0.131. The fraction of sp³-hybridized carbons (Fsp3) is 0.500. The Kier molecular flexibility index (Phi) is 4.75. The third-order valence-corrected chi connectivity index (χ3v) is 2.78. The van der Waals surface area contributed by atoms with Crippen molar-refractivity contribution < 1.29 is 9.59 Å². The SMILES string of the molecule is Cc1c(CCNC(=O)CN(C)C=O)ccn1C. The molecular weight excluding hydrogens is 218 g/mol. The van der Waals surface area contributed by atoms with Gasteiger partial charge in [-0.2, -0.15) is 0 Å². The van der Waals surface area contributed by atoms with Crippen LogP contribution in [0.4, 0.5) is 0 Å². The second kappa shape index (κ2) is 6.08. The molecule has 0 unspecified atom stereocenters. The summed E-state index contributed by atoms with van der Waals surface area (Å²) in [6.07, 6.45) is 3.46. The van der Waals surface area contributed by atoms with Crippen LogP contribution in [0.3, 0.4) is 0 Å². The molecule has 0 aromatic carbocycles. The largest absolute Gasteiger partial charge is 0.354 e. The molecule has 0 fully saturated rings. The molecule has 17 heavy (non-hydrogen) atoms. The second-order valence-corrected chi connectivity index (χ2v) is 4.16. The highest BCUT2D eigenvalue weighted by molar-refractivity contribution is 5.79. The molecule has 1 aromatic rings. The summed E-state index contributed by atoms with van der Waals surface area (Å²) in [5, 5.41) is 2.78. The standard InChI is InChI=1S/C12H19N3O2/c1-10-11(5-7-15(10)3)4-6-13-12(17)8-14(2)9-16/h5,7,9H,4,6,8H2,1-3H3,(H,13,17). The van der Waals surface area contributed by atoms with Crippen molar-refractivity contribution in [1.82, 2.24) is 14.8 Å². The summed E-state index contributed by atoms with van der Waals surface area (Å²) >= 11 is 0. The van der Waals surface area contributed by atoms with E-state index in [1.165, 1.54) is 16.2 Å². The third-order valence-electron chi connectivity index (χ3n) is 2.78. The van der Waals surface area contributed by atoms with E-state index in [1.807, 2.05) is 13.2 Å². The minimum Gasteiger partial charge on any atom is -0.354 e. The van der Waals surface area contributed by atoms with E-state index in [2.05, 4.69) is 22.9 Å². The van der Waals surface area contributed by atoms with E-state index >= 15 is 0 Å². The Hall–Kier alpha value is -1.78. The normalized spacial score (nSPS) is 10.1. The molecule has 0 aliphatic heterocycles. The van der Waals surface area contributed by atoms with Gasteiger partial charge in [0.25, 0.3) is 0 Å². The van der Waals surface area contributed by atoms with Crippen LogP contribution in [-0.4, -0.2) is 41.9 Å². The maximum Gasteiger partial charge on any atom is 0.239 e. The fourth-order valence-corrected chi connectivity index (χ4v) is 1.58. The van der Waals surface area contributed by atoms with Crippen molar-refractivity contribution in [2.45, 2.75) is 13.3 Å². The summed E-state index contributed by atoms with van der Waals surface area (Å²) in [6.45, 7) is 2.75. The van der Waals surface area contributed by atoms with Crippen LogP contribution in [-0.2, 0) is 23.1 Å². The van der Waals surface area contributed by atoms with Crippen molar-refractivity contribution in [2.24, 2.45) is 7.05 Å². The highest BCUT2D eigenvalue weighted by atomic mass is 16.2. The highest BCUT2D eigenvalue weighted by Gasteiger charge is 2.05. The molecule has 0 bridgehead atoms. The van der Waals surface area contributed by atoms with E-state index in [4.69, 9.17) is 0 Å². The average molecular weight is 237 g/mol. The van der Waals surface area contributed by atoms with Gasteiger partial charge in [0.1, 0.15) is 0 Å². The van der Waals surface area contributed by atoms with Crippen molar-refractivity contribution in [3.63, 3.8) is 0 Å². The van der Waals surface area contributed by atoms with Gasteiger partial charge in [-0.05, 0) is 25.0 Å². The van der Waals surface area contributed by atoms with Gasteiger partial charge in [0.05, 0.1) is 6.54 Å². The maximum absolute atomic E-state index is 11.4. The van der Waals surface area contributed by atoms with Gasteiger partial charge in [0.2, 0.25) is 12.3 Å². The van der Waals surface area contributed by atoms with Gasteiger partial charge in [-0.1, -0.05) is 0 Å². The molecule has 1 rings (SSSR count). The van der Waals surface area contributed by atoms with Crippen LogP contribution < -0.4 is 5.32 Å². The van der Waals surface area contributed by atoms with Gasteiger partial charge >= 0.3 is 0 Å². The predicted octanol–water partition coefficient (Wildman–Crippen LogP) is 0.0804. The van der Waals surface area contributed by atoms with E-state index in [-0.39, 0.29) is 12.5 Å². The van der Waals surface area contributed by atoms with E-state index in [0.29, 0.717) is 13.0 Å². The Morgan fingerprint density at radius 1 is 1.59 bits per heavy atom. The molecule has 0 radical (unpaired) electrons. The molecule has 0 atom stereocenters. The molecule has 0 saturated carbocycles. The molecule has 0 aliphatic rings. The first-order valence-electron chi connectivity index (χ1n) is 5.57. The number of aromatic nitrogens is 1. The Bertz CT molecular complexity index is 398. The van der Waals surface area contributed by atoms with Crippen molar-refractivity contribution >= 4 is 12.3 Å². The van der Waals surface area contributed by atoms with Crippen LogP contribution in [0.25, 0.3) is 0 Å². The minimum absolute atomic E-state index is 0.108. The van der Waals surface area contributed by atoms with E-state index in [9.17, 15) is 9.59 Å². The molecule has 0 spiro atoms. The zero-order chi connectivity index (χ0) is 12.8. The Morgan fingerprint density at radius 2 is 2.29 bits per heavy atom. The molecule has 1 aromatic heterocycles. The topological polar surface area (TPSA) is 54.3 Å². The Morgan fingerprint density at radius 3 is 2.82 bits per heavy atom. The average Bonchev–Trinajstić information content (AvgIpc) is 2.60. The summed E-state index contributed by atoms with van der Waals surface area (Å²) in [6, 6.07) is 2.05. The zero-order valence-corrected chi connectivity index (χ0v) is 10.6. The maximum atomic E-state index is 11.4. The smallest absolute Gasteiger partial charge is 0.239 e. The lowest BCUT2D eigenvalue weighted by Crippen LogP contribution is -2.35. The highest BCUT2D eigenvalue weighted by Crippen LogP contribution is 2.08. The van der Waals surface area contributed by atoms with E-state index in [0.717, 1.165) is 6.42 Å². The molecule has 2 amide bonds. The lowest BCUT2D eigenvalue weighted by Gasteiger charge is -2.10. The molecule has 94 valence electrons. The number of amides is 2. The van der Waals surface area contributed by atoms with Crippen molar-refractivity contribution in [2.75, 3.05) is 20.1 Å².